The number of ether oxygens (including phenoxy) is 1. The Labute approximate surface area is 115 Å². The summed E-state index contributed by atoms with van der Waals surface area (Å²) < 4.78 is 5.85. The molecule has 2 heterocycles. The number of fused-ring (bicyclic) bond motifs is 1. The van der Waals surface area contributed by atoms with Crippen LogP contribution in [-0.4, -0.2) is 36.8 Å². The molecular formula is C15H23N3O. The van der Waals surface area contributed by atoms with E-state index in [2.05, 4.69) is 34.3 Å². The maximum absolute atomic E-state index is 5.85. The lowest BCUT2D eigenvalue weighted by Gasteiger charge is -2.38. The fourth-order valence-corrected chi connectivity index (χ4v) is 3.17. The maximum Gasteiger partial charge on any atom is 0.128 e. The van der Waals surface area contributed by atoms with Crippen molar-refractivity contribution in [2.75, 3.05) is 24.6 Å². The third kappa shape index (κ3) is 2.74. The Morgan fingerprint density at radius 1 is 1.42 bits per heavy atom. The van der Waals surface area contributed by atoms with Gasteiger partial charge in [0, 0.05) is 19.3 Å². The number of rotatable bonds is 4. The predicted octanol–water partition coefficient (Wildman–Crippen LogP) is 1.95. The summed E-state index contributed by atoms with van der Waals surface area (Å²) in [6.07, 6.45) is 6.16. The van der Waals surface area contributed by atoms with Gasteiger partial charge in [0.15, 0.2) is 0 Å². The van der Waals surface area contributed by atoms with Crippen LogP contribution >= 0.6 is 0 Å². The van der Waals surface area contributed by atoms with E-state index in [1.807, 2.05) is 6.20 Å². The molecule has 0 aromatic carbocycles. The molecule has 4 nitrogen and oxygen atoms in total. The van der Waals surface area contributed by atoms with E-state index in [-0.39, 0.29) is 0 Å². The van der Waals surface area contributed by atoms with Gasteiger partial charge >= 0.3 is 0 Å². The van der Waals surface area contributed by atoms with Crippen LogP contribution < -0.4 is 10.2 Å². The summed E-state index contributed by atoms with van der Waals surface area (Å²) in [4.78, 5) is 7.09. The summed E-state index contributed by atoms with van der Waals surface area (Å²) in [7, 11) is 0. The minimum absolute atomic E-state index is 0.428. The van der Waals surface area contributed by atoms with E-state index >= 15 is 0 Å². The Kier molecular flexibility index (Phi) is 3.99. The number of morpholine rings is 1. The molecule has 2 aliphatic rings. The fourth-order valence-electron chi connectivity index (χ4n) is 3.17. The Morgan fingerprint density at radius 2 is 2.37 bits per heavy atom. The summed E-state index contributed by atoms with van der Waals surface area (Å²) in [6.45, 7) is 5.83. The van der Waals surface area contributed by atoms with Crippen molar-refractivity contribution < 1.29 is 4.74 Å². The Bertz CT molecular complexity index is 406. The summed E-state index contributed by atoms with van der Waals surface area (Å²) in [6, 6.07) is 4.89. The largest absolute Gasteiger partial charge is 0.374 e. The van der Waals surface area contributed by atoms with Crippen LogP contribution in [0.2, 0.25) is 0 Å². The van der Waals surface area contributed by atoms with Gasteiger partial charge in [-0.05, 0) is 37.4 Å². The van der Waals surface area contributed by atoms with Crippen LogP contribution in [0.4, 0.5) is 5.82 Å². The molecule has 1 N–H and O–H groups in total. The van der Waals surface area contributed by atoms with Gasteiger partial charge in [0.1, 0.15) is 5.82 Å². The molecule has 3 rings (SSSR count). The van der Waals surface area contributed by atoms with Crippen LogP contribution in [0.1, 0.15) is 31.7 Å². The number of anilines is 1. The van der Waals surface area contributed by atoms with Crippen LogP contribution in [0.3, 0.4) is 0 Å². The van der Waals surface area contributed by atoms with Gasteiger partial charge in [-0.1, -0.05) is 13.0 Å². The highest BCUT2D eigenvalue weighted by atomic mass is 16.5. The molecule has 1 aromatic heterocycles. The molecule has 1 saturated heterocycles. The molecule has 1 aliphatic heterocycles. The van der Waals surface area contributed by atoms with Gasteiger partial charge in [-0.25, -0.2) is 4.98 Å². The van der Waals surface area contributed by atoms with Crippen molar-refractivity contribution in [3.8, 4) is 0 Å². The minimum atomic E-state index is 0.428. The normalized spacial score (nSPS) is 26.5. The highest BCUT2D eigenvalue weighted by molar-refractivity contribution is 5.42. The minimum Gasteiger partial charge on any atom is -0.374 e. The van der Waals surface area contributed by atoms with Gasteiger partial charge in [-0.2, -0.15) is 0 Å². The fraction of sp³-hybridized carbons (Fsp3) is 0.667. The van der Waals surface area contributed by atoms with Crippen LogP contribution in [0.15, 0.2) is 18.3 Å². The molecule has 1 saturated carbocycles. The second-order valence-corrected chi connectivity index (χ2v) is 5.41. The zero-order chi connectivity index (χ0) is 13.1. The molecule has 1 aromatic rings. The number of hydrogen-bond donors (Lipinski definition) is 1. The molecule has 1 aliphatic carbocycles. The smallest absolute Gasteiger partial charge is 0.128 e. The van der Waals surface area contributed by atoms with Crippen LogP contribution in [0.5, 0.6) is 0 Å². The monoisotopic (exact) mass is 261 g/mol. The number of nitrogens with zero attached hydrogens (tertiary/aromatic N) is 2. The molecule has 2 atom stereocenters. The van der Waals surface area contributed by atoms with E-state index < -0.39 is 0 Å². The molecule has 0 amide bonds. The average Bonchev–Trinajstić information content (AvgIpc) is 2.94. The molecule has 19 heavy (non-hydrogen) atoms. The molecule has 104 valence electrons. The predicted molar refractivity (Wildman–Crippen MR) is 76.3 cm³/mol. The van der Waals surface area contributed by atoms with Crippen molar-refractivity contribution in [1.29, 1.82) is 0 Å². The topological polar surface area (TPSA) is 37.4 Å². The van der Waals surface area contributed by atoms with Crippen molar-refractivity contribution in [3.63, 3.8) is 0 Å². The first kappa shape index (κ1) is 12.9. The van der Waals surface area contributed by atoms with Gasteiger partial charge in [-0.3, -0.25) is 0 Å². The highest BCUT2D eigenvalue weighted by Crippen LogP contribution is 2.32. The second kappa shape index (κ2) is 5.88. The summed E-state index contributed by atoms with van der Waals surface area (Å²) in [5.41, 5.74) is 1.25. The maximum atomic E-state index is 5.85. The average molecular weight is 261 g/mol. The number of aromatic nitrogens is 1. The first-order valence-electron chi connectivity index (χ1n) is 7.42. The van der Waals surface area contributed by atoms with E-state index in [0.717, 1.165) is 32.1 Å². The molecule has 0 spiro atoms. The van der Waals surface area contributed by atoms with Crippen molar-refractivity contribution in [3.05, 3.63) is 23.9 Å². The Hall–Kier alpha value is -1.13. The van der Waals surface area contributed by atoms with Crippen molar-refractivity contribution >= 4 is 5.82 Å². The molecular weight excluding hydrogens is 238 g/mol. The molecule has 2 fully saturated rings. The van der Waals surface area contributed by atoms with Crippen molar-refractivity contribution in [1.82, 2.24) is 10.3 Å². The second-order valence-electron chi connectivity index (χ2n) is 5.41. The van der Waals surface area contributed by atoms with Gasteiger partial charge in [0.2, 0.25) is 0 Å². The van der Waals surface area contributed by atoms with E-state index in [0.29, 0.717) is 12.1 Å². The van der Waals surface area contributed by atoms with Crippen molar-refractivity contribution in [2.45, 2.75) is 44.9 Å². The quantitative estimate of drug-likeness (QED) is 0.899. The lowest BCUT2D eigenvalue weighted by atomic mass is 10.1. The number of pyridine rings is 1. The lowest BCUT2D eigenvalue weighted by Crippen LogP contribution is -2.49. The SMILES string of the molecule is CCNCc1ccc(N2CCOC3CCCC32)nc1. The Morgan fingerprint density at radius 3 is 3.16 bits per heavy atom. The van der Waals surface area contributed by atoms with Gasteiger partial charge in [-0.15, -0.1) is 0 Å². The number of nitrogens with one attached hydrogen (secondary N) is 1. The van der Waals surface area contributed by atoms with Gasteiger partial charge < -0.3 is 15.0 Å². The molecule has 4 heteroatoms. The van der Waals surface area contributed by atoms with Crippen LogP contribution in [0, 0.1) is 0 Å². The summed E-state index contributed by atoms with van der Waals surface area (Å²) in [5.74, 6) is 1.11. The number of hydrogen-bond acceptors (Lipinski definition) is 4. The third-order valence-electron chi connectivity index (χ3n) is 4.16. The van der Waals surface area contributed by atoms with E-state index in [9.17, 15) is 0 Å². The van der Waals surface area contributed by atoms with Crippen LogP contribution in [-0.2, 0) is 11.3 Å². The summed E-state index contributed by atoms with van der Waals surface area (Å²) >= 11 is 0. The van der Waals surface area contributed by atoms with E-state index in [4.69, 9.17) is 4.74 Å². The molecule has 0 bridgehead atoms. The van der Waals surface area contributed by atoms with Crippen LogP contribution in [0.25, 0.3) is 0 Å². The standard InChI is InChI=1S/C15H23N3O/c1-2-16-10-12-6-7-15(17-11-12)18-8-9-19-14-5-3-4-13(14)18/h6-7,11,13-14,16H,2-5,8-10H2,1H3. The first-order valence-corrected chi connectivity index (χ1v) is 7.42. The zero-order valence-electron chi connectivity index (χ0n) is 11.6. The van der Waals surface area contributed by atoms with Gasteiger partial charge in [0.05, 0.1) is 18.8 Å². The summed E-state index contributed by atoms with van der Waals surface area (Å²) in [5, 5.41) is 3.33. The molecule has 0 radical (unpaired) electrons. The van der Waals surface area contributed by atoms with E-state index in [1.54, 1.807) is 0 Å². The van der Waals surface area contributed by atoms with Gasteiger partial charge in [0.25, 0.3) is 0 Å². The Balaban J connectivity index is 1.70. The first-order chi connectivity index (χ1) is 9.38. The van der Waals surface area contributed by atoms with E-state index in [1.165, 1.54) is 24.8 Å². The highest BCUT2D eigenvalue weighted by Gasteiger charge is 2.36. The zero-order valence-corrected chi connectivity index (χ0v) is 11.6. The lowest BCUT2D eigenvalue weighted by molar-refractivity contribution is 0.0253. The molecule has 2 unspecified atom stereocenters. The van der Waals surface area contributed by atoms with Crippen molar-refractivity contribution in [2.24, 2.45) is 0 Å². The third-order valence-corrected chi connectivity index (χ3v) is 4.16.